The number of rotatable bonds is 4. The fourth-order valence-corrected chi connectivity index (χ4v) is 2.23. The Morgan fingerprint density at radius 3 is 2.63 bits per heavy atom. The first-order chi connectivity index (χ1) is 8.69. The Balaban J connectivity index is 2.14. The van der Waals surface area contributed by atoms with Crippen molar-refractivity contribution in [2.75, 3.05) is 5.73 Å². The summed E-state index contributed by atoms with van der Waals surface area (Å²) in [6.45, 7) is 8.13. The first kappa shape index (κ1) is 14.7. The highest BCUT2D eigenvalue weighted by Crippen LogP contribution is 2.30. The van der Waals surface area contributed by atoms with Gasteiger partial charge in [0.25, 0.3) is 0 Å². The maximum Gasteiger partial charge on any atom is 0.330 e. The van der Waals surface area contributed by atoms with E-state index in [-0.39, 0.29) is 10.3 Å². The Morgan fingerprint density at radius 1 is 1.32 bits per heavy atom. The fraction of sp³-hybridized carbons (Fsp3) is 0.462. The maximum atomic E-state index is 5.89. The molecule has 0 amide bonds. The average molecular weight is 293 g/mol. The van der Waals surface area contributed by atoms with E-state index in [4.69, 9.17) is 10.4 Å². The Morgan fingerprint density at radius 2 is 2.00 bits per heavy atom. The highest BCUT2D eigenvalue weighted by Gasteiger charge is 2.34. The van der Waals surface area contributed by atoms with Crippen LogP contribution in [-0.2, 0) is 4.65 Å². The molecule has 0 aliphatic carbocycles. The number of nitrogens with two attached hydrogens (primary N) is 1. The second-order valence-electron chi connectivity index (χ2n) is 5.58. The van der Waals surface area contributed by atoms with Crippen molar-refractivity contribution < 1.29 is 4.65 Å². The standard InChI is InChI=1S/C13H18BN2OS2/c1-12(2,13(3,4)18)17-14-8-5-6-9-10(7-8)19-11(15)16-9/h5-7,18H,1-4H3,(H2,15,16). The topological polar surface area (TPSA) is 48.1 Å². The highest BCUT2D eigenvalue weighted by atomic mass is 32.1. The van der Waals surface area contributed by atoms with Gasteiger partial charge in [-0.15, -0.1) is 0 Å². The van der Waals surface area contributed by atoms with Gasteiger partial charge in [-0.3, -0.25) is 0 Å². The van der Waals surface area contributed by atoms with Gasteiger partial charge in [-0.2, -0.15) is 12.6 Å². The average Bonchev–Trinajstić information content (AvgIpc) is 2.64. The number of hydrogen-bond acceptors (Lipinski definition) is 5. The van der Waals surface area contributed by atoms with Crippen molar-refractivity contribution in [3.05, 3.63) is 18.2 Å². The summed E-state index contributed by atoms with van der Waals surface area (Å²) in [6.07, 6.45) is 0. The molecule has 0 atom stereocenters. The Bertz CT molecular complexity index is 590. The van der Waals surface area contributed by atoms with Crippen molar-refractivity contribution in [1.82, 2.24) is 4.98 Å². The third-order valence-electron chi connectivity index (χ3n) is 3.39. The smallest absolute Gasteiger partial charge is 0.330 e. The molecule has 0 aliphatic rings. The van der Waals surface area contributed by atoms with Gasteiger partial charge in [-0.1, -0.05) is 22.9 Å². The van der Waals surface area contributed by atoms with Gasteiger partial charge in [-0.25, -0.2) is 4.98 Å². The lowest BCUT2D eigenvalue weighted by molar-refractivity contribution is 0.0855. The summed E-state index contributed by atoms with van der Waals surface area (Å²) in [6, 6.07) is 5.96. The van der Waals surface area contributed by atoms with Crippen LogP contribution >= 0.6 is 24.0 Å². The van der Waals surface area contributed by atoms with Crippen molar-refractivity contribution in [1.29, 1.82) is 0 Å². The van der Waals surface area contributed by atoms with Crippen LogP contribution in [0.4, 0.5) is 5.13 Å². The second kappa shape index (κ2) is 5.00. The third kappa shape index (κ3) is 3.24. The molecule has 2 N–H and O–H groups in total. The molecule has 6 heteroatoms. The quantitative estimate of drug-likeness (QED) is 0.673. The van der Waals surface area contributed by atoms with Crippen molar-refractivity contribution in [3.63, 3.8) is 0 Å². The van der Waals surface area contributed by atoms with E-state index in [1.807, 2.05) is 45.9 Å². The molecule has 3 nitrogen and oxygen atoms in total. The van der Waals surface area contributed by atoms with Crippen molar-refractivity contribution in [3.8, 4) is 0 Å². The Hall–Kier alpha value is -0.715. The van der Waals surface area contributed by atoms with E-state index in [9.17, 15) is 0 Å². The molecule has 0 aliphatic heterocycles. The third-order valence-corrected chi connectivity index (χ3v) is 4.78. The molecule has 0 saturated heterocycles. The van der Waals surface area contributed by atoms with E-state index in [1.54, 1.807) is 7.48 Å². The van der Waals surface area contributed by atoms with Crippen LogP contribution < -0.4 is 11.2 Å². The summed E-state index contributed by atoms with van der Waals surface area (Å²) in [7, 11) is 1.77. The highest BCUT2D eigenvalue weighted by molar-refractivity contribution is 7.81. The number of nitrogen functional groups attached to an aromatic ring is 1. The zero-order chi connectivity index (χ0) is 14.3. The van der Waals surface area contributed by atoms with E-state index in [0.717, 1.165) is 15.7 Å². The molecule has 0 saturated carbocycles. The first-order valence-corrected chi connectivity index (χ1v) is 7.35. The van der Waals surface area contributed by atoms with Crippen LogP contribution in [0, 0.1) is 0 Å². The van der Waals surface area contributed by atoms with Crippen molar-refractivity contribution in [2.45, 2.75) is 38.0 Å². The zero-order valence-electron chi connectivity index (χ0n) is 11.6. The van der Waals surface area contributed by atoms with Crippen LogP contribution in [-0.4, -0.2) is 22.8 Å². The van der Waals surface area contributed by atoms with E-state index in [2.05, 4.69) is 17.6 Å². The van der Waals surface area contributed by atoms with Crippen molar-refractivity contribution >= 4 is 52.3 Å². The van der Waals surface area contributed by atoms with Crippen LogP contribution in [0.3, 0.4) is 0 Å². The lowest BCUT2D eigenvalue weighted by Crippen LogP contribution is -2.45. The van der Waals surface area contributed by atoms with Crippen LogP contribution in [0.15, 0.2) is 18.2 Å². The molecule has 1 aromatic carbocycles. The zero-order valence-corrected chi connectivity index (χ0v) is 13.3. The van der Waals surface area contributed by atoms with Gasteiger partial charge in [0.15, 0.2) is 5.13 Å². The van der Waals surface area contributed by atoms with Gasteiger partial charge in [0.1, 0.15) is 0 Å². The molecule has 0 spiro atoms. The summed E-state index contributed by atoms with van der Waals surface area (Å²) in [4.78, 5) is 4.23. The number of anilines is 1. The molecule has 19 heavy (non-hydrogen) atoms. The summed E-state index contributed by atoms with van der Waals surface area (Å²) >= 11 is 6.06. The predicted octanol–water partition coefficient (Wildman–Crippen LogP) is 2.63. The van der Waals surface area contributed by atoms with E-state index >= 15 is 0 Å². The number of benzene rings is 1. The summed E-state index contributed by atoms with van der Waals surface area (Å²) < 4.78 is 6.72. The number of thiazole rings is 1. The van der Waals surface area contributed by atoms with Gasteiger partial charge >= 0.3 is 7.48 Å². The van der Waals surface area contributed by atoms with Crippen LogP contribution in [0.25, 0.3) is 10.2 Å². The maximum absolute atomic E-state index is 5.89. The number of aromatic nitrogens is 1. The van der Waals surface area contributed by atoms with Gasteiger partial charge in [-0.05, 0) is 39.8 Å². The number of nitrogens with zero attached hydrogens (tertiary/aromatic N) is 1. The summed E-state index contributed by atoms with van der Waals surface area (Å²) in [5.74, 6) is 0. The molecule has 1 heterocycles. The molecule has 0 unspecified atom stereocenters. The van der Waals surface area contributed by atoms with E-state index in [0.29, 0.717) is 5.13 Å². The number of fused-ring (bicyclic) bond motifs is 1. The van der Waals surface area contributed by atoms with E-state index < -0.39 is 0 Å². The molecule has 1 aromatic heterocycles. The second-order valence-corrected chi connectivity index (χ2v) is 7.76. The Kier molecular flexibility index (Phi) is 3.86. The summed E-state index contributed by atoms with van der Waals surface area (Å²) in [5.41, 5.74) is 7.26. The van der Waals surface area contributed by atoms with Gasteiger partial charge in [0.2, 0.25) is 0 Å². The minimum absolute atomic E-state index is 0.234. The number of thiol groups is 1. The minimum Gasteiger partial charge on any atom is -0.428 e. The van der Waals surface area contributed by atoms with Crippen LogP contribution in [0.2, 0.25) is 0 Å². The predicted molar refractivity (Wildman–Crippen MR) is 87.6 cm³/mol. The molecule has 0 fully saturated rings. The molecular weight excluding hydrogens is 275 g/mol. The lowest BCUT2D eigenvalue weighted by atomic mass is 9.84. The molecule has 2 rings (SSSR count). The van der Waals surface area contributed by atoms with Crippen LogP contribution in [0.5, 0.6) is 0 Å². The molecule has 101 valence electrons. The van der Waals surface area contributed by atoms with Crippen LogP contribution in [0.1, 0.15) is 27.7 Å². The monoisotopic (exact) mass is 293 g/mol. The van der Waals surface area contributed by atoms with Gasteiger partial charge in [0, 0.05) is 4.75 Å². The Labute approximate surface area is 124 Å². The molecule has 0 bridgehead atoms. The fourth-order valence-electron chi connectivity index (χ4n) is 1.39. The van der Waals surface area contributed by atoms with Gasteiger partial charge < -0.3 is 10.4 Å². The summed E-state index contributed by atoms with van der Waals surface area (Å²) in [5, 5.41) is 0.588. The molecule has 1 radical (unpaired) electrons. The lowest BCUT2D eigenvalue weighted by Gasteiger charge is -2.38. The molecular formula is C13H18BN2OS2. The van der Waals surface area contributed by atoms with Gasteiger partial charge in [0.05, 0.1) is 15.8 Å². The largest absolute Gasteiger partial charge is 0.428 e. The minimum atomic E-state index is -0.363. The normalized spacial score (nSPS) is 12.9. The first-order valence-electron chi connectivity index (χ1n) is 6.08. The van der Waals surface area contributed by atoms with E-state index in [1.165, 1.54) is 11.3 Å². The van der Waals surface area contributed by atoms with Crippen molar-refractivity contribution in [2.24, 2.45) is 0 Å². The molecule has 2 aromatic rings. The SMILES string of the molecule is CC(C)(S)C(C)(C)O[B]c1ccc2nc(N)sc2c1. The number of hydrogen-bond donors (Lipinski definition) is 2.